The molecule has 0 saturated heterocycles. The second kappa shape index (κ2) is 5.38. The third-order valence-electron chi connectivity index (χ3n) is 3.32. The molecule has 1 heterocycles. The third kappa shape index (κ3) is 2.81. The average Bonchev–Trinajstić information content (AvgIpc) is 2.58. The predicted molar refractivity (Wildman–Crippen MR) is 75.8 cm³/mol. The largest absolute Gasteiger partial charge is 0.265 e. The smallest absolute Gasteiger partial charge is 0.0662 e. The Kier molecular flexibility index (Phi) is 3.85. The van der Waals surface area contributed by atoms with Gasteiger partial charge in [-0.05, 0) is 37.3 Å². The van der Waals surface area contributed by atoms with E-state index in [0.717, 1.165) is 13.0 Å². The summed E-state index contributed by atoms with van der Waals surface area (Å²) in [7, 11) is 0. The highest BCUT2D eigenvalue weighted by Crippen LogP contribution is 2.18. The molecule has 0 aliphatic carbocycles. The van der Waals surface area contributed by atoms with Gasteiger partial charge in [-0.25, -0.2) is 0 Å². The SMILES string of the molecule is Cc1nn(Cc2ccccc2)c(C)c1CC(C)C. The fourth-order valence-electron chi connectivity index (χ4n) is 2.35. The van der Waals surface area contributed by atoms with Crippen molar-refractivity contribution in [3.63, 3.8) is 0 Å². The van der Waals surface area contributed by atoms with Crippen LogP contribution in [-0.2, 0) is 13.0 Å². The summed E-state index contributed by atoms with van der Waals surface area (Å²) in [5.41, 5.74) is 5.21. The summed E-state index contributed by atoms with van der Waals surface area (Å²) in [6, 6.07) is 10.5. The fraction of sp³-hybridized carbons (Fsp3) is 0.438. The first-order chi connectivity index (χ1) is 8.58. The van der Waals surface area contributed by atoms with Gasteiger partial charge in [0, 0.05) is 5.69 Å². The lowest BCUT2D eigenvalue weighted by atomic mass is 10.0. The zero-order valence-electron chi connectivity index (χ0n) is 11.8. The maximum absolute atomic E-state index is 4.68. The van der Waals surface area contributed by atoms with Gasteiger partial charge in [0.2, 0.25) is 0 Å². The predicted octanol–water partition coefficient (Wildman–Crippen LogP) is 3.75. The molecule has 2 heteroatoms. The van der Waals surface area contributed by atoms with E-state index in [-0.39, 0.29) is 0 Å². The molecule has 0 N–H and O–H groups in total. The van der Waals surface area contributed by atoms with Crippen LogP contribution >= 0.6 is 0 Å². The van der Waals surface area contributed by atoms with E-state index in [0.29, 0.717) is 5.92 Å². The maximum atomic E-state index is 4.68. The van der Waals surface area contributed by atoms with Crippen molar-refractivity contribution in [3.05, 3.63) is 52.8 Å². The van der Waals surface area contributed by atoms with Crippen molar-refractivity contribution >= 4 is 0 Å². The van der Waals surface area contributed by atoms with Gasteiger partial charge in [-0.2, -0.15) is 5.10 Å². The second-order valence-electron chi connectivity index (χ2n) is 5.39. The highest BCUT2D eigenvalue weighted by atomic mass is 15.3. The summed E-state index contributed by atoms with van der Waals surface area (Å²) in [6.07, 6.45) is 1.12. The molecule has 1 aromatic heterocycles. The van der Waals surface area contributed by atoms with E-state index >= 15 is 0 Å². The first-order valence-electron chi connectivity index (χ1n) is 6.64. The van der Waals surface area contributed by atoms with Gasteiger partial charge in [0.1, 0.15) is 0 Å². The van der Waals surface area contributed by atoms with Crippen molar-refractivity contribution in [2.45, 2.75) is 40.7 Å². The average molecular weight is 242 g/mol. The van der Waals surface area contributed by atoms with Gasteiger partial charge in [0.25, 0.3) is 0 Å². The molecule has 2 rings (SSSR count). The molecule has 18 heavy (non-hydrogen) atoms. The molecule has 2 aromatic rings. The van der Waals surface area contributed by atoms with Gasteiger partial charge in [0.05, 0.1) is 12.2 Å². The van der Waals surface area contributed by atoms with Gasteiger partial charge in [-0.1, -0.05) is 44.2 Å². The van der Waals surface area contributed by atoms with Crippen LogP contribution in [-0.4, -0.2) is 9.78 Å². The van der Waals surface area contributed by atoms with Crippen molar-refractivity contribution in [1.82, 2.24) is 9.78 Å². The Morgan fingerprint density at radius 3 is 2.39 bits per heavy atom. The van der Waals surface area contributed by atoms with Crippen molar-refractivity contribution in [2.24, 2.45) is 5.92 Å². The monoisotopic (exact) mass is 242 g/mol. The minimum atomic E-state index is 0.678. The zero-order chi connectivity index (χ0) is 13.1. The van der Waals surface area contributed by atoms with Crippen LogP contribution in [0.15, 0.2) is 30.3 Å². The van der Waals surface area contributed by atoms with Crippen LogP contribution in [0.2, 0.25) is 0 Å². The lowest BCUT2D eigenvalue weighted by Gasteiger charge is -2.07. The van der Waals surface area contributed by atoms with Crippen LogP contribution in [0.4, 0.5) is 0 Å². The Balaban J connectivity index is 2.25. The van der Waals surface area contributed by atoms with Crippen molar-refractivity contribution in [1.29, 1.82) is 0 Å². The number of aryl methyl sites for hydroxylation is 1. The Bertz CT molecular complexity index is 509. The lowest BCUT2D eigenvalue weighted by Crippen LogP contribution is -2.04. The lowest BCUT2D eigenvalue weighted by molar-refractivity contribution is 0.634. The van der Waals surface area contributed by atoms with E-state index < -0.39 is 0 Å². The first-order valence-corrected chi connectivity index (χ1v) is 6.64. The normalized spacial score (nSPS) is 11.2. The van der Waals surface area contributed by atoms with Crippen molar-refractivity contribution in [3.8, 4) is 0 Å². The molecule has 0 saturated carbocycles. The van der Waals surface area contributed by atoms with Crippen LogP contribution < -0.4 is 0 Å². The number of hydrogen-bond acceptors (Lipinski definition) is 1. The Labute approximate surface area is 110 Å². The minimum Gasteiger partial charge on any atom is -0.265 e. The van der Waals surface area contributed by atoms with E-state index in [2.05, 4.69) is 67.8 Å². The minimum absolute atomic E-state index is 0.678. The molecular weight excluding hydrogens is 220 g/mol. The summed E-state index contributed by atoms with van der Waals surface area (Å²) >= 11 is 0. The third-order valence-corrected chi connectivity index (χ3v) is 3.32. The molecule has 0 bridgehead atoms. The summed E-state index contributed by atoms with van der Waals surface area (Å²) in [6.45, 7) is 9.68. The van der Waals surface area contributed by atoms with Crippen LogP contribution in [0, 0.1) is 19.8 Å². The van der Waals surface area contributed by atoms with Crippen molar-refractivity contribution < 1.29 is 0 Å². The Morgan fingerprint density at radius 2 is 1.78 bits per heavy atom. The highest BCUT2D eigenvalue weighted by Gasteiger charge is 2.12. The maximum Gasteiger partial charge on any atom is 0.0662 e. The van der Waals surface area contributed by atoms with Gasteiger partial charge in [0.15, 0.2) is 0 Å². The Hall–Kier alpha value is -1.57. The molecule has 96 valence electrons. The number of benzene rings is 1. The molecule has 0 unspecified atom stereocenters. The summed E-state index contributed by atoms with van der Waals surface area (Å²) in [4.78, 5) is 0. The molecule has 0 spiro atoms. The molecule has 0 atom stereocenters. The van der Waals surface area contributed by atoms with Crippen LogP contribution in [0.5, 0.6) is 0 Å². The number of rotatable bonds is 4. The molecular formula is C16H22N2. The molecule has 0 amide bonds. The molecule has 0 aliphatic heterocycles. The van der Waals surface area contributed by atoms with Gasteiger partial charge in [-0.15, -0.1) is 0 Å². The van der Waals surface area contributed by atoms with Crippen LogP contribution in [0.3, 0.4) is 0 Å². The van der Waals surface area contributed by atoms with Crippen molar-refractivity contribution in [2.75, 3.05) is 0 Å². The van der Waals surface area contributed by atoms with E-state index in [4.69, 9.17) is 0 Å². The number of aromatic nitrogens is 2. The molecule has 0 aliphatic rings. The van der Waals surface area contributed by atoms with Gasteiger partial charge >= 0.3 is 0 Å². The summed E-state index contributed by atoms with van der Waals surface area (Å²) in [5, 5.41) is 4.68. The van der Waals surface area contributed by atoms with Gasteiger partial charge < -0.3 is 0 Å². The summed E-state index contributed by atoms with van der Waals surface area (Å²) in [5.74, 6) is 0.678. The molecule has 0 fully saturated rings. The van der Waals surface area contributed by atoms with E-state index in [1.165, 1.54) is 22.5 Å². The Morgan fingerprint density at radius 1 is 1.11 bits per heavy atom. The van der Waals surface area contributed by atoms with Crippen LogP contribution in [0.25, 0.3) is 0 Å². The number of nitrogens with zero attached hydrogens (tertiary/aromatic N) is 2. The second-order valence-corrected chi connectivity index (χ2v) is 5.39. The molecule has 0 radical (unpaired) electrons. The van der Waals surface area contributed by atoms with E-state index in [9.17, 15) is 0 Å². The standard InChI is InChI=1S/C16H22N2/c1-12(2)10-16-13(3)17-18(14(16)4)11-15-8-6-5-7-9-15/h5-9,12H,10-11H2,1-4H3. The zero-order valence-corrected chi connectivity index (χ0v) is 11.8. The summed E-state index contributed by atoms with van der Waals surface area (Å²) < 4.78 is 2.13. The molecule has 2 nitrogen and oxygen atoms in total. The van der Waals surface area contributed by atoms with E-state index in [1.54, 1.807) is 0 Å². The first kappa shape index (κ1) is 12.9. The molecule has 1 aromatic carbocycles. The van der Waals surface area contributed by atoms with Gasteiger partial charge in [-0.3, -0.25) is 4.68 Å². The highest BCUT2D eigenvalue weighted by molar-refractivity contribution is 5.26. The quantitative estimate of drug-likeness (QED) is 0.798. The number of hydrogen-bond donors (Lipinski definition) is 0. The fourth-order valence-corrected chi connectivity index (χ4v) is 2.35. The topological polar surface area (TPSA) is 17.8 Å². The van der Waals surface area contributed by atoms with Crippen LogP contribution in [0.1, 0.15) is 36.4 Å². The van der Waals surface area contributed by atoms with E-state index in [1.807, 2.05) is 0 Å².